The number of nitrogens with zero attached hydrogens (tertiary/aromatic N) is 5. The van der Waals surface area contributed by atoms with Crippen LogP contribution in [-0.4, -0.2) is 7.05 Å². The smallest absolute Gasteiger partial charge is 0.127 e. The van der Waals surface area contributed by atoms with Gasteiger partial charge < -0.3 is 29.2 Å². The third kappa shape index (κ3) is 14.4. The first-order chi connectivity index (χ1) is 73.6. The van der Waals surface area contributed by atoms with Crippen LogP contribution >= 0.6 is 0 Å². The van der Waals surface area contributed by atoms with Crippen LogP contribution in [0.25, 0.3) is 84.0 Å². The topological polar surface area (TPSA) is 25.4 Å². The lowest BCUT2D eigenvalue weighted by molar-refractivity contribution is 0.482. The van der Waals surface area contributed by atoms with Crippen molar-refractivity contribution < 1.29 is 31.1 Å². The van der Waals surface area contributed by atoms with Gasteiger partial charge in [-0.2, -0.15) is 0 Å². The average Bonchev–Trinajstić information content (AvgIpc) is 1.51. The van der Waals surface area contributed by atoms with Gasteiger partial charge in [0.1, 0.15) is 46.4 Å². The molecule has 27 rings (SSSR count). The van der Waals surface area contributed by atoms with E-state index in [0.29, 0.717) is 11.5 Å². The quantitative estimate of drug-likeness (QED) is 0.0665. The highest BCUT2D eigenvalue weighted by Gasteiger charge is 2.55. The summed E-state index contributed by atoms with van der Waals surface area (Å²) in [7, 11) is 2.02. The van der Waals surface area contributed by atoms with Crippen LogP contribution in [-0.2, 0) is 16.2 Å². The summed E-state index contributed by atoms with van der Waals surface area (Å²) in [5.74, 6) is -0.720. The normalized spacial score (nSPS) is 15.0. The minimum atomic E-state index is -0.930. The molecule has 12 heteroatoms. The molecule has 22 aromatic carbocycles. The van der Waals surface area contributed by atoms with Gasteiger partial charge in [-0.25, -0.2) is 26.3 Å². The fourth-order valence-corrected chi connectivity index (χ4v) is 24.5. The van der Waals surface area contributed by atoms with Gasteiger partial charge in [-0.1, -0.05) is 249 Å². The summed E-state index contributed by atoms with van der Waals surface area (Å²) < 4.78 is 97.6. The molecule has 0 heterocycles. The molecule has 2 spiro atoms. The first-order valence-corrected chi connectivity index (χ1v) is 50.3. The van der Waals surface area contributed by atoms with Crippen molar-refractivity contribution in [2.45, 2.75) is 16.2 Å². The average molecular weight is 1950 g/mol. The highest BCUT2D eigenvalue weighted by atomic mass is 19.1. The SMILES string of the molecule is C=Cc1ccc(Oc2ccc(C3(c4ccc(F)cc4)c4ccccc4-c4ccc(N(c5ccc(F)cc5)c5ccc(-c6ccc(N(c7ccc(F)cc7)c7ccc8c(c7)C7(c9ccccc9-8)c8ccccc8-c8ccc(N(c9ccc(F)cc9)c9ccc(-c%10ccc(N(c%11ccc(F)cc%11)c%11ccc%12c(c%11)C%11(c%13ccccc%13-c%13ccc(N(C)c%14ccc(F)cc%14)cc%13%11)c%11ccccc%11-%12)cc%10)cc9)cc87)cc6)cc5)cc43)cc2)cc1. The molecule has 5 aliphatic carbocycles. The van der Waals surface area contributed by atoms with Crippen LogP contribution in [0.4, 0.5) is 106 Å². The van der Waals surface area contributed by atoms with Crippen molar-refractivity contribution in [2.75, 3.05) is 31.5 Å². The summed E-state index contributed by atoms with van der Waals surface area (Å²) in [6, 6.07) is 167. The van der Waals surface area contributed by atoms with Crippen LogP contribution in [0.5, 0.6) is 11.5 Å². The van der Waals surface area contributed by atoms with Crippen molar-refractivity contribution in [2.24, 2.45) is 0 Å². The Kier molecular flexibility index (Phi) is 21.4. The lowest BCUT2D eigenvalue weighted by Gasteiger charge is -2.35. The van der Waals surface area contributed by atoms with Crippen LogP contribution in [0.2, 0.25) is 0 Å². The summed E-state index contributed by atoms with van der Waals surface area (Å²) in [5, 5.41) is 0. The molecule has 150 heavy (non-hydrogen) atoms. The number of hydrogen-bond acceptors (Lipinski definition) is 6. The molecule has 0 saturated heterocycles. The largest absolute Gasteiger partial charge is 0.457 e. The molecule has 0 radical (unpaired) electrons. The number of anilines is 14. The number of hydrogen-bond donors (Lipinski definition) is 0. The van der Waals surface area contributed by atoms with Crippen LogP contribution < -0.4 is 29.2 Å². The molecule has 6 nitrogen and oxygen atoms in total. The zero-order valence-electron chi connectivity index (χ0n) is 81.1. The number of halogens is 6. The van der Waals surface area contributed by atoms with E-state index in [-0.39, 0.29) is 34.9 Å². The zero-order chi connectivity index (χ0) is 101. The van der Waals surface area contributed by atoms with E-state index in [2.05, 4.69) is 353 Å². The predicted octanol–water partition coefficient (Wildman–Crippen LogP) is 37.0. The lowest BCUT2D eigenvalue weighted by atomic mass is 9.67. The van der Waals surface area contributed by atoms with Crippen LogP contribution in [0, 0.1) is 34.9 Å². The van der Waals surface area contributed by atoms with Gasteiger partial charge in [0.2, 0.25) is 0 Å². The first-order valence-electron chi connectivity index (χ1n) is 50.3. The first kappa shape index (κ1) is 89.8. The second-order valence-electron chi connectivity index (χ2n) is 39.0. The van der Waals surface area contributed by atoms with Gasteiger partial charge in [0.25, 0.3) is 0 Å². The number of rotatable bonds is 21. The zero-order valence-corrected chi connectivity index (χ0v) is 81.1. The van der Waals surface area contributed by atoms with Crippen LogP contribution in [0.3, 0.4) is 0 Å². The van der Waals surface area contributed by atoms with E-state index in [1.165, 1.54) is 83.9 Å². The number of ether oxygens (including phenoxy) is 1. The Morgan fingerprint density at radius 2 is 0.380 bits per heavy atom. The van der Waals surface area contributed by atoms with E-state index in [0.717, 1.165) is 219 Å². The molecule has 3 unspecified atom stereocenters. The molecule has 0 N–H and O–H groups in total. The fraction of sp³-hybridized carbons (Fsp3) is 0.0290. The molecule has 0 fully saturated rings. The second-order valence-corrected chi connectivity index (χ2v) is 39.0. The van der Waals surface area contributed by atoms with Gasteiger partial charge in [0.05, 0.1) is 16.2 Å². The molecule has 0 saturated carbocycles. The Morgan fingerprint density at radius 1 is 0.187 bits per heavy atom. The van der Waals surface area contributed by atoms with E-state index in [9.17, 15) is 4.39 Å². The number of fused-ring (bicyclic) bond motifs is 23. The van der Waals surface area contributed by atoms with Crippen molar-refractivity contribution in [3.05, 3.63) is 617 Å². The Labute approximate surface area is 865 Å². The van der Waals surface area contributed by atoms with Gasteiger partial charge in [0.15, 0.2) is 0 Å². The van der Waals surface area contributed by atoms with Crippen molar-refractivity contribution in [1.29, 1.82) is 0 Å². The maximum Gasteiger partial charge on any atom is 0.127 e. The molecule has 0 amide bonds. The lowest BCUT2D eigenvalue weighted by Crippen LogP contribution is -2.28. The molecular weight excluding hydrogens is 1860 g/mol. The molecule has 714 valence electrons. The van der Waals surface area contributed by atoms with Crippen LogP contribution in [0.15, 0.2) is 510 Å². The minimum absolute atomic E-state index is 0.294. The van der Waals surface area contributed by atoms with Crippen molar-refractivity contribution in [3.8, 4) is 89.4 Å². The molecule has 3 atom stereocenters. The second kappa shape index (κ2) is 35.7. The van der Waals surface area contributed by atoms with Crippen molar-refractivity contribution >= 4 is 85.7 Å². The third-order valence-electron chi connectivity index (χ3n) is 31.2. The molecular formula is C138H89F6N5O. The van der Waals surface area contributed by atoms with E-state index in [1.54, 1.807) is 30.3 Å². The minimum Gasteiger partial charge on any atom is -0.457 e. The molecule has 0 bridgehead atoms. The monoisotopic (exact) mass is 1950 g/mol. The van der Waals surface area contributed by atoms with E-state index in [4.69, 9.17) is 4.74 Å². The van der Waals surface area contributed by atoms with Gasteiger partial charge in [0, 0.05) is 86.7 Å². The van der Waals surface area contributed by atoms with E-state index in [1.807, 2.05) is 92.0 Å². The van der Waals surface area contributed by atoms with Gasteiger partial charge in [-0.05, 0) is 417 Å². The molecule has 0 aromatic heterocycles. The van der Waals surface area contributed by atoms with Gasteiger partial charge in [-0.3, -0.25) is 0 Å². The molecule has 0 aliphatic heterocycles. The Bertz CT molecular complexity index is 9000. The maximum absolute atomic E-state index is 15.5. The van der Waals surface area contributed by atoms with Gasteiger partial charge in [-0.15, -0.1) is 0 Å². The van der Waals surface area contributed by atoms with E-state index < -0.39 is 16.2 Å². The van der Waals surface area contributed by atoms with E-state index >= 15 is 22.0 Å². The Balaban J connectivity index is 0.518. The highest BCUT2D eigenvalue weighted by molar-refractivity contribution is 6.01. The maximum atomic E-state index is 15.5. The van der Waals surface area contributed by atoms with Crippen LogP contribution in [0.1, 0.15) is 72.3 Å². The Hall–Kier alpha value is -19.0. The van der Waals surface area contributed by atoms with Crippen molar-refractivity contribution in [1.82, 2.24) is 0 Å². The fourth-order valence-electron chi connectivity index (χ4n) is 24.5. The molecule has 5 aliphatic rings. The highest BCUT2D eigenvalue weighted by Crippen LogP contribution is 2.68. The van der Waals surface area contributed by atoms with Gasteiger partial charge >= 0.3 is 0 Å². The summed E-state index contributed by atoms with van der Waals surface area (Å²) in [6.45, 7) is 3.91. The predicted molar refractivity (Wildman–Crippen MR) is 597 cm³/mol. The number of benzene rings is 22. The third-order valence-corrected chi connectivity index (χ3v) is 31.2. The van der Waals surface area contributed by atoms with Crippen molar-refractivity contribution in [3.63, 3.8) is 0 Å². The molecule has 22 aromatic rings. The summed E-state index contributed by atoms with van der Waals surface area (Å²) in [5.41, 5.74) is 37.8. The summed E-state index contributed by atoms with van der Waals surface area (Å²) in [6.07, 6.45) is 1.80. The Morgan fingerprint density at radius 3 is 0.647 bits per heavy atom. The standard InChI is InChI=1S/C138H89F6N5O/c1-3-87-24-73-114(74-25-87)150-115-75-36-93(37-76-115)136(92-34-38-94(139)39-35-92)126-19-9-4-14-116(126)121-78-69-110(83-131(121)136)146(105-60-42-96(141)43-61-105)101-50-26-88(27-51-101)89-30-54-103(55-31-89)148(107-64-46-98(143)47-65-107)112-71-80-124-119-17-7-12-22-129(119)138(134(124)85-112)130-23-13-8-18-120(130)125-81-72-113(86-135(125)138)149(108-66-48-99(144)49-67-108)104-56-32-91(33-57-104)90-28-52-102(53-29-90)147(106-62-44-97(142)45-63-106)111-70-79-123-118-16-6-11-21-128(118)137(133(123)84-111)127-20-10-5-15-117(127)122-77-68-109(82-132(122)137)145(2)100-58-40-95(140)41-59-100/h3-86H,1H2,2H3. The summed E-state index contributed by atoms with van der Waals surface area (Å²) in [4.78, 5) is 10.8. The summed E-state index contributed by atoms with van der Waals surface area (Å²) >= 11 is 0.